The average molecular weight is 285 g/mol. The number of rotatable bonds is 4. The van der Waals surface area contributed by atoms with Crippen molar-refractivity contribution in [3.63, 3.8) is 0 Å². The second kappa shape index (κ2) is 5.12. The van der Waals surface area contributed by atoms with Crippen molar-refractivity contribution in [2.45, 2.75) is 31.2 Å². The number of halogens is 2. The molecule has 1 amide bonds. The molecule has 2 rings (SSSR count). The van der Waals surface area contributed by atoms with Crippen molar-refractivity contribution in [1.29, 1.82) is 0 Å². The zero-order valence-electron chi connectivity index (χ0n) is 10.5. The molecule has 0 unspecified atom stereocenters. The quantitative estimate of drug-likeness (QED) is 0.653. The van der Waals surface area contributed by atoms with Crippen LogP contribution in [0.1, 0.15) is 25.7 Å². The molecule has 1 saturated carbocycles. The number of nitrogens with zero attached hydrogens (tertiary/aromatic N) is 1. The average Bonchev–Trinajstić information content (AvgIpc) is 2.30. The summed E-state index contributed by atoms with van der Waals surface area (Å²) in [5.41, 5.74) is 3.78. The molecule has 1 fully saturated rings. The standard InChI is InChI=1S/C12H13F2N3O3/c13-7-4-8(14)11(9(5-7)17(19)20)16-10(18)6-12(15)2-1-3-12/h4-5H,1-3,6,15H2,(H,16,18). The fourth-order valence-electron chi connectivity index (χ4n) is 2.14. The molecule has 0 aromatic heterocycles. The molecular weight excluding hydrogens is 272 g/mol. The molecule has 0 heterocycles. The number of benzene rings is 1. The van der Waals surface area contributed by atoms with E-state index in [1.165, 1.54) is 0 Å². The largest absolute Gasteiger partial charge is 0.325 e. The Hall–Kier alpha value is -2.09. The van der Waals surface area contributed by atoms with Gasteiger partial charge < -0.3 is 11.1 Å². The Morgan fingerprint density at radius 2 is 2.10 bits per heavy atom. The first-order chi connectivity index (χ1) is 9.31. The third-order valence-electron chi connectivity index (χ3n) is 3.36. The second-order valence-electron chi connectivity index (χ2n) is 4.98. The highest BCUT2D eigenvalue weighted by Gasteiger charge is 2.35. The first-order valence-electron chi connectivity index (χ1n) is 6.03. The van der Waals surface area contributed by atoms with Crippen LogP contribution in [0, 0.1) is 21.7 Å². The van der Waals surface area contributed by atoms with Crippen molar-refractivity contribution in [1.82, 2.24) is 0 Å². The number of carbonyl (C=O) groups is 1. The molecule has 20 heavy (non-hydrogen) atoms. The van der Waals surface area contributed by atoms with E-state index in [2.05, 4.69) is 5.32 Å². The third-order valence-corrected chi connectivity index (χ3v) is 3.36. The highest BCUT2D eigenvalue weighted by atomic mass is 19.1. The van der Waals surface area contributed by atoms with Crippen molar-refractivity contribution in [3.05, 3.63) is 33.9 Å². The molecule has 0 bridgehead atoms. The van der Waals surface area contributed by atoms with Gasteiger partial charge in [0, 0.05) is 18.0 Å². The third kappa shape index (κ3) is 2.90. The predicted molar refractivity (Wildman–Crippen MR) is 67.0 cm³/mol. The van der Waals surface area contributed by atoms with E-state index in [-0.39, 0.29) is 6.42 Å². The Kier molecular flexibility index (Phi) is 3.67. The van der Waals surface area contributed by atoms with Gasteiger partial charge in [-0.15, -0.1) is 0 Å². The van der Waals surface area contributed by atoms with Crippen LogP contribution in [0.2, 0.25) is 0 Å². The fraction of sp³-hybridized carbons (Fsp3) is 0.417. The highest BCUT2D eigenvalue weighted by molar-refractivity contribution is 5.94. The van der Waals surface area contributed by atoms with Crippen LogP contribution in [0.5, 0.6) is 0 Å². The number of anilines is 1. The van der Waals surface area contributed by atoms with Crippen LogP contribution in [0.25, 0.3) is 0 Å². The van der Waals surface area contributed by atoms with Crippen molar-refractivity contribution in [2.75, 3.05) is 5.32 Å². The molecule has 3 N–H and O–H groups in total. The van der Waals surface area contributed by atoms with Crippen LogP contribution >= 0.6 is 0 Å². The fourth-order valence-corrected chi connectivity index (χ4v) is 2.14. The summed E-state index contributed by atoms with van der Waals surface area (Å²) >= 11 is 0. The van der Waals surface area contributed by atoms with Gasteiger partial charge in [-0.05, 0) is 19.3 Å². The van der Waals surface area contributed by atoms with Crippen LogP contribution in [-0.2, 0) is 4.79 Å². The predicted octanol–water partition coefficient (Wildman–Crippen LogP) is 2.08. The van der Waals surface area contributed by atoms with Gasteiger partial charge in [-0.2, -0.15) is 0 Å². The highest BCUT2D eigenvalue weighted by Crippen LogP contribution is 2.33. The number of nitro groups is 1. The lowest BCUT2D eigenvalue weighted by Crippen LogP contribution is -2.49. The SMILES string of the molecule is NC1(CC(=O)Nc2c(F)cc(F)cc2[N+](=O)[O-])CCC1. The van der Waals surface area contributed by atoms with Gasteiger partial charge in [0.2, 0.25) is 5.91 Å². The van der Waals surface area contributed by atoms with E-state index in [9.17, 15) is 23.7 Å². The van der Waals surface area contributed by atoms with Gasteiger partial charge in [0.25, 0.3) is 5.69 Å². The summed E-state index contributed by atoms with van der Waals surface area (Å²) in [5.74, 6) is -2.90. The maximum Gasteiger partial charge on any atom is 0.298 e. The Labute approximate surface area is 113 Å². The molecule has 8 heteroatoms. The van der Waals surface area contributed by atoms with E-state index in [1.807, 2.05) is 0 Å². The zero-order chi connectivity index (χ0) is 14.9. The molecule has 1 aliphatic carbocycles. The Morgan fingerprint density at radius 1 is 1.45 bits per heavy atom. The summed E-state index contributed by atoms with van der Waals surface area (Å²) in [4.78, 5) is 21.6. The van der Waals surface area contributed by atoms with Gasteiger partial charge >= 0.3 is 0 Å². The molecule has 0 saturated heterocycles. The molecular formula is C12H13F2N3O3. The van der Waals surface area contributed by atoms with Crippen LogP contribution in [0.4, 0.5) is 20.2 Å². The number of nitrogens with two attached hydrogens (primary N) is 1. The maximum atomic E-state index is 13.6. The number of hydrogen-bond acceptors (Lipinski definition) is 4. The van der Waals surface area contributed by atoms with Crippen molar-refractivity contribution in [2.24, 2.45) is 5.73 Å². The summed E-state index contributed by atoms with van der Waals surface area (Å²) in [6.45, 7) is 0. The second-order valence-corrected chi connectivity index (χ2v) is 4.98. The van der Waals surface area contributed by atoms with Gasteiger partial charge in [0.15, 0.2) is 11.5 Å². The van der Waals surface area contributed by atoms with Crippen LogP contribution in [0.3, 0.4) is 0 Å². The minimum atomic E-state index is -1.19. The lowest BCUT2D eigenvalue weighted by Gasteiger charge is -2.37. The first kappa shape index (κ1) is 14.3. The van der Waals surface area contributed by atoms with Gasteiger partial charge in [0.05, 0.1) is 11.0 Å². The smallest absolute Gasteiger partial charge is 0.298 e. The van der Waals surface area contributed by atoms with E-state index < -0.39 is 39.4 Å². The number of amides is 1. The summed E-state index contributed by atoms with van der Waals surface area (Å²) < 4.78 is 26.5. The van der Waals surface area contributed by atoms with E-state index in [0.717, 1.165) is 6.42 Å². The van der Waals surface area contributed by atoms with Crippen LogP contribution in [0.15, 0.2) is 12.1 Å². The molecule has 6 nitrogen and oxygen atoms in total. The molecule has 0 spiro atoms. The number of nitro benzene ring substituents is 1. The van der Waals surface area contributed by atoms with Gasteiger partial charge in [-0.1, -0.05) is 0 Å². The monoisotopic (exact) mass is 285 g/mol. The molecule has 108 valence electrons. The first-order valence-corrected chi connectivity index (χ1v) is 6.03. The lowest BCUT2D eigenvalue weighted by atomic mass is 9.75. The molecule has 1 aliphatic rings. The molecule has 1 aromatic carbocycles. The summed E-state index contributed by atoms with van der Waals surface area (Å²) in [5, 5.41) is 12.9. The minimum absolute atomic E-state index is 0.0546. The van der Waals surface area contributed by atoms with E-state index in [4.69, 9.17) is 5.73 Å². The van der Waals surface area contributed by atoms with Crippen LogP contribution in [-0.4, -0.2) is 16.4 Å². The zero-order valence-corrected chi connectivity index (χ0v) is 10.5. The van der Waals surface area contributed by atoms with E-state index >= 15 is 0 Å². The van der Waals surface area contributed by atoms with Crippen molar-refractivity contribution < 1.29 is 18.5 Å². The topological polar surface area (TPSA) is 98.3 Å². The molecule has 0 radical (unpaired) electrons. The molecule has 0 aliphatic heterocycles. The Bertz CT molecular complexity index is 573. The number of carbonyl (C=O) groups excluding carboxylic acids is 1. The van der Waals surface area contributed by atoms with E-state index in [0.29, 0.717) is 25.0 Å². The summed E-state index contributed by atoms with van der Waals surface area (Å²) in [6.07, 6.45) is 2.21. The molecule has 1 aromatic rings. The molecule has 0 atom stereocenters. The lowest BCUT2D eigenvalue weighted by molar-refractivity contribution is -0.384. The van der Waals surface area contributed by atoms with E-state index in [1.54, 1.807) is 0 Å². The summed E-state index contributed by atoms with van der Waals surface area (Å²) in [6, 6.07) is 1.03. The number of hydrogen-bond donors (Lipinski definition) is 2. The van der Waals surface area contributed by atoms with Gasteiger partial charge in [0.1, 0.15) is 5.82 Å². The van der Waals surface area contributed by atoms with Crippen molar-refractivity contribution >= 4 is 17.3 Å². The van der Waals surface area contributed by atoms with Crippen LogP contribution < -0.4 is 11.1 Å². The van der Waals surface area contributed by atoms with Gasteiger partial charge in [-0.25, -0.2) is 8.78 Å². The Morgan fingerprint density at radius 3 is 2.60 bits per heavy atom. The van der Waals surface area contributed by atoms with Crippen molar-refractivity contribution in [3.8, 4) is 0 Å². The van der Waals surface area contributed by atoms with Gasteiger partial charge in [-0.3, -0.25) is 14.9 Å². The Balaban J connectivity index is 2.20. The number of nitrogens with one attached hydrogen (secondary N) is 1. The maximum absolute atomic E-state index is 13.6. The summed E-state index contributed by atoms with van der Waals surface area (Å²) in [7, 11) is 0. The normalized spacial score (nSPS) is 16.4. The minimum Gasteiger partial charge on any atom is -0.325 e.